The van der Waals surface area contributed by atoms with Crippen molar-refractivity contribution in [2.75, 3.05) is 26.4 Å². The number of hydrogen-bond acceptors (Lipinski definition) is 9. The van der Waals surface area contributed by atoms with Crippen molar-refractivity contribution < 1.29 is 43.2 Å². The van der Waals surface area contributed by atoms with Gasteiger partial charge in [0, 0.05) is 36.8 Å². The molecular formula is C33H46O9. The molecule has 1 N–H and O–H groups in total. The summed E-state index contributed by atoms with van der Waals surface area (Å²) in [6, 6.07) is 0. The van der Waals surface area contributed by atoms with Crippen molar-refractivity contribution in [1.82, 2.24) is 0 Å². The van der Waals surface area contributed by atoms with Crippen LogP contribution in [0.4, 0.5) is 0 Å². The summed E-state index contributed by atoms with van der Waals surface area (Å²) in [5.74, 6) is -1.98. The average Bonchev–Trinajstić information content (AvgIpc) is 3.87. The minimum atomic E-state index is -0.861. The van der Waals surface area contributed by atoms with E-state index in [1.165, 1.54) is 45.4 Å². The molecule has 4 rings (SSSR count). The van der Waals surface area contributed by atoms with E-state index < -0.39 is 35.2 Å². The van der Waals surface area contributed by atoms with Gasteiger partial charge in [0.1, 0.15) is 18.8 Å². The zero-order chi connectivity index (χ0) is 30.2. The first-order chi connectivity index (χ1) is 20.3. The normalized spacial score (nSPS) is 33.0. The van der Waals surface area contributed by atoms with Gasteiger partial charge in [0.25, 0.3) is 0 Å². The van der Waals surface area contributed by atoms with Gasteiger partial charge in [-0.2, -0.15) is 0 Å². The van der Waals surface area contributed by atoms with E-state index in [4.69, 9.17) is 23.7 Å². The molecule has 2 aliphatic heterocycles. The summed E-state index contributed by atoms with van der Waals surface area (Å²) < 4.78 is 28.4. The third-order valence-electron chi connectivity index (χ3n) is 9.20. The molecule has 232 valence electrons. The molecule has 1 spiro atoms. The third kappa shape index (κ3) is 7.53. The maximum atomic E-state index is 12.6. The number of carbonyl (C=O) groups excluding carboxylic acids is 3. The first-order valence-corrected chi connectivity index (χ1v) is 15.3. The molecule has 0 aromatic heterocycles. The quantitative estimate of drug-likeness (QED) is 0.0541. The van der Waals surface area contributed by atoms with Crippen molar-refractivity contribution >= 4 is 17.9 Å². The molecule has 0 bridgehead atoms. The number of rotatable bonds is 15. The van der Waals surface area contributed by atoms with Gasteiger partial charge in [-0.15, -0.1) is 0 Å². The molecule has 7 atom stereocenters. The lowest BCUT2D eigenvalue weighted by Crippen LogP contribution is -2.48. The molecule has 3 fully saturated rings. The van der Waals surface area contributed by atoms with Crippen LogP contribution in [0.25, 0.3) is 0 Å². The van der Waals surface area contributed by atoms with E-state index in [-0.39, 0.29) is 43.5 Å². The largest absolute Gasteiger partial charge is 0.462 e. The van der Waals surface area contributed by atoms with Gasteiger partial charge in [0.2, 0.25) is 6.29 Å². The van der Waals surface area contributed by atoms with Crippen LogP contribution in [0, 0.1) is 29.1 Å². The molecule has 2 saturated carbocycles. The van der Waals surface area contributed by atoms with Gasteiger partial charge in [-0.05, 0) is 50.4 Å². The molecule has 0 aromatic carbocycles. The number of unbranched alkanes of at least 4 members (excludes halogenated alkanes) is 4. The van der Waals surface area contributed by atoms with E-state index in [1.807, 2.05) is 12.2 Å². The fourth-order valence-corrected chi connectivity index (χ4v) is 6.98. The maximum Gasteiger partial charge on any atom is 0.330 e. The Hall–Kier alpha value is -2.91. The minimum Gasteiger partial charge on any atom is -0.462 e. The Morgan fingerprint density at radius 1 is 1.02 bits per heavy atom. The molecule has 4 aliphatic rings. The van der Waals surface area contributed by atoms with Crippen LogP contribution in [0.15, 0.2) is 48.3 Å². The summed E-state index contributed by atoms with van der Waals surface area (Å²) in [6.45, 7) is 5.31. The average molecular weight is 587 g/mol. The highest BCUT2D eigenvalue weighted by Crippen LogP contribution is 2.72. The first-order valence-electron chi connectivity index (χ1n) is 15.3. The van der Waals surface area contributed by atoms with Crippen LogP contribution < -0.4 is 0 Å². The van der Waals surface area contributed by atoms with Crippen molar-refractivity contribution in [3.05, 3.63) is 48.3 Å². The molecular weight excluding hydrogens is 540 g/mol. The predicted molar refractivity (Wildman–Crippen MR) is 155 cm³/mol. The molecule has 2 heterocycles. The predicted octanol–water partition coefficient (Wildman–Crippen LogP) is 4.95. The Labute approximate surface area is 248 Å². The van der Waals surface area contributed by atoms with Crippen LogP contribution in [0.1, 0.15) is 72.1 Å². The van der Waals surface area contributed by atoms with Gasteiger partial charge in [-0.25, -0.2) is 4.79 Å². The fraction of sp³-hybridized carbons (Fsp3) is 0.667. The monoisotopic (exact) mass is 586 g/mol. The van der Waals surface area contributed by atoms with E-state index >= 15 is 0 Å². The van der Waals surface area contributed by atoms with Gasteiger partial charge >= 0.3 is 17.9 Å². The SMILES string of the molecule is CCCCC/C=C\CC/C=C/C=C/C(=O)OC[C@@]1(CO)[C@@H]2[C@H]3C(COC(C)=O)=CO[C@H](OC(C)=O)[C@H]3C3(CC[C@@H]21)CO3. The Bertz CT molecular complexity index is 1090. The summed E-state index contributed by atoms with van der Waals surface area (Å²) in [6.07, 6.45) is 20.2. The van der Waals surface area contributed by atoms with Crippen molar-refractivity contribution in [3.8, 4) is 0 Å². The lowest BCUT2D eigenvalue weighted by molar-refractivity contribution is -0.193. The zero-order valence-corrected chi connectivity index (χ0v) is 25.1. The first kappa shape index (κ1) is 32.0. The van der Waals surface area contributed by atoms with E-state index in [0.717, 1.165) is 31.3 Å². The van der Waals surface area contributed by atoms with Crippen LogP contribution in [-0.2, 0) is 38.1 Å². The second-order valence-electron chi connectivity index (χ2n) is 12.0. The minimum absolute atomic E-state index is 0.0214. The number of fused-ring (bicyclic) bond motifs is 4. The van der Waals surface area contributed by atoms with Crippen LogP contribution in [0.3, 0.4) is 0 Å². The number of aliphatic hydroxyl groups excluding tert-OH is 1. The second-order valence-corrected chi connectivity index (χ2v) is 12.0. The second kappa shape index (κ2) is 14.5. The Morgan fingerprint density at radius 2 is 1.79 bits per heavy atom. The van der Waals surface area contributed by atoms with Crippen molar-refractivity contribution in [1.29, 1.82) is 0 Å². The number of allylic oxidation sites excluding steroid dienone is 5. The molecule has 0 amide bonds. The highest BCUT2D eigenvalue weighted by molar-refractivity contribution is 5.82. The van der Waals surface area contributed by atoms with Gasteiger partial charge in [0.15, 0.2) is 0 Å². The molecule has 2 aliphatic carbocycles. The molecule has 0 radical (unpaired) electrons. The third-order valence-corrected chi connectivity index (χ3v) is 9.20. The number of epoxide rings is 1. The van der Waals surface area contributed by atoms with E-state index in [0.29, 0.717) is 13.0 Å². The van der Waals surface area contributed by atoms with Gasteiger partial charge in [-0.3, -0.25) is 9.59 Å². The van der Waals surface area contributed by atoms with E-state index in [9.17, 15) is 19.5 Å². The maximum absolute atomic E-state index is 12.6. The van der Waals surface area contributed by atoms with Crippen LogP contribution in [0.5, 0.6) is 0 Å². The number of carbonyl (C=O) groups is 3. The lowest BCUT2D eigenvalue weighted by Gasteiger charge is -2.41. The van der Waals surface area contributed by atoms with Crippen LogP contribution in [0.2, 0.25) is 0 Å². The van der Waals surface area contributed by atoms with Gasteiger partial charge in [-0.1, -0.05) is 50.1 Å². The summed E-state index contributed by atoms with van der Waals surface area (Å²) in [7, 11) is 0. The number of ether oxygens (including phenoxy) is 5. The molecule has 1 saturated heterocycles. The van der Waals surface area contributed by atoms with Gasteiger partial charge in [0.05, 0.1) is 25.4 Å². The van der Waals surface area contributed by atoms with Crippen molar-refractivity contribution in [2.24, 2.45) is 29.1 Å². The Morgan fingerprint density at radius 3 is 2.48 bits per heavy atom. The number of aliphatic hydroxyl groups is 1. The highest BCUT2D eigenvalue weighted by atomic mass is 16.7. The van der Waals surface area contributed by atoms with Gasteiger partial charge < -0.3 is 28.8 Å². The van der Waals surface area contributed by atoms with Crippen molar-refractivity contribution in [3.63, 3.8) is 0 Å². The zero-order valence-electron chi connectivity index (χ0n) is 25.1. The fourth-order valence-electron chi connectivity index (χ4n) is 6.98. The molecule has 9 nitrogen and oxygen atoms in total. The molecule has 0 aromatic rings. The smallest absolute Gasteiger partial charge is 0.330 e. The highest BCUT2D eigenvalue weighted by Gasteiger charge is 2.75. The molecule has 9 heteroatoms. The topological polar surface area (TPSA) is 121 Å². The summed E-state index contributed by atoms with van der Waals surface area (Å²) >= 11 is 0. The van der Waals surface area contributed by atoms with Crippen LogP contribution in [-0.4, -0.2) is 61.3 Å². The Kier molecular flexibility index (Phi) is 11.1. The molecule has 42 heavy (non-hydrogen) atoms. The number of esters is 3. The standard InChI is InChI=1S/C33H46O9/c1-4-5-6-7-8-9-10-11-12-13-14-15-27(37)40-21-32(20-34)26-16-17-33(22-41-33)30-28(29(26)32)25(18-38-23(2)35)19-39-31(30)42-24(3)36/h8-9,12-15,19,26,28-31,34H,4-7,10-11,16-18,20-22H2,1-3H3/b9-8-,13-12+,15-14+/t26-,28+,29-,30-,31+,32+,33?/m0/s1. The Balaban J connectivity index is 1.38. The van der Waals surface area contributed by atoms with Crippen molar-refractivity contribution in [2.45, 2.75) is 84.0 Å². The van der Waals surface area contributed by atoms with E-state index in [2.05, 4.69) is 19.1 Å². The number of hydrogen-bond donors (Lipinski definition) is 1. The lowest BCUT2D eigenvalue weighted by atomic mass is 9.71. The summed E-state index contributed by atoms with van der Waals surface area (Å²) in [5.41, 5.74) is -0.422. The van der Waals surface area contributed by atoms with Crippen LogP contribution >= 0.6 is 0 Å². The molecule has 1 unspecified atom stereocenters. The summed E-state index contributed by atoms with van der Waals surface area (Å²) in [4.78, 5) is 36.1. The van der Waals surface area contributed by atoms with E-state index in [1.54, 1.807) is 6.08 Å². The summed E-state index contributed by atoms with van der Waals surface area (Å²) in [5, 5.41) is 10.6.